The second-order valence-corrected chi connectivity index (χ2v) is 7.47. The minimum Gasteiger partial charge on any atom is -0.492 e. The third-order valence-corrected chi connectivity index (χ3v) is 5.10. The lowest BCUT2D eigenvalue weighted by molar-refractivity contribution is 0.219. The number of thiocarbonyl (C=S) groups is 1. The number of nitrogens with zero attached hydrogens (tertiary/aromatic N) is 1. The molecule has 0 radical (unpaired) electrons. The van der Waals surface area contributed by atoms with Crippen LogP contribution in [0.15, 0.2) is 24.3 Å². The third kappa shape index (κ3) is 4.43. The number of hydrogen-bond acceptors (Lipinski definition) is 5. The number of ether oxygens (including phenoxy) is 1. The van der Waals surface area contributed by atoms with E-state index in [9.17, 15) is 8.42 Å². The van der Waals surface area contributed by atoms with Crippen LogP contribution in [0, 0.1) is 0 Å². The van der Waals surface area contributed by atoms with E-state index in [1.54, 1.807) is 0 Å². The van der Waals surface area contributed by atoms with Crippen LogP contribution in [0.4, 0.5) is 0 Å². The fourth-order valence-electron chi connectivity index (χ4n) is 1.98. The topological polar surface area (TPSA) is 72.6 Å². The van der Waals surface area contributed by atoms with E-state index in [4.69, 9.17) is 22.7 Å². The summed E-state index contributed by atoms with van der Waals surface area (Å²) in [6.45, 7) is 2.44. The molecule has 0 aliphatic carbocycles. The maximum atomic E-state index is 11.3. The van der Waals surface area contributed by atoms with Crippen molar-refractivity contribution in [3.63, 3.8) is 0 Å². The second kappa shape index (κ2) is 6.51. The van der Waals surface area contributed by atoms with E-state index < -0.39 is 9.84 Å². The average molecular weight is 314 g/mol. The molecule has 1 aliphatic rings. The standard InChI is InChI=1S/C13H18N2O3S2/c14-13(19)11-1-3-12(4-2-11)18-8-5-15-6-9-20(16,17)10-7-15/h1-4H,5-10H2,(H2,14,19). The lowest BCUT2D eigenvalue weighted by atomic mass is 10.2. The Hall–Kier alpha value is -1.18. The zero-order valence-electron chi connectivity index (χ0n) is 11.1. The number of nitrogens with two attached hydrogens (primary N) is 1. The molecule has 1 aromatic rings. The van der Waals surface area contributed by atoms with E-state index >= 15 is 0 Å². The fraction of sp³-hybridized carbons (Fsp3) is 0.462. The molecule has 0 atom stereocenters. The van der Waals surface area contributed by atoms with Crippen molar-refractivity contribution < 1.29 is 13.2 Å². The first-order valence-electron chi connectivity index (χ1n) is 6.42. The van der Waals surface area contributed by atoms with Gasteiger partial charge in [-0.3, -0.25) is 4.90 Å². The summed E-state index contributed by atoms with van der Waals surface area (Å²) in [5.74, 6) is 1.25. The number of hydrogen-bond donors (Lipinski definition) is 1. The van der Waals surface area contributed by atoms with Crippen molar-refractivity contribution >= 4 is 27.0 Å². The van der Waals surface area contributed by atoms with Crippen molar-refractivity contribution in [2.45, 2.75) is 0 Å². The molecule has 1 saturated heterocycles. The Morgan fingerprint density at radius 1 is 1.25 bits per heavy atom. The molecule has 0 unspecified atom stereocenters. The maximum absolute atomic E-state index is 11.3. The molecule has 1 heterocycles. The van der Waals surface area contributed by atoms with Crippen molar-refractivity contribution in [1.29, 1.82) is 0 Å². The van der Waals surface area contributed by atoms with Crippen LogP contribution in [0.2, 0.25) is 0 Å². The Kier molecular flexibility index (Phi) is 4.95. The van der Waals surface area contributed by atoms with Crippen LogP contribution in [0.5, 0.6) is 5.75 Å². The molecule has 1 aromatic carbocycles. The first-order chi connectivity index (χ1) is 9.46. The average Bonchev–Trinajstić information content (AvgIpc) is 2.41. The van der Waals surface area contributed by atoms with Gasteiger partial charge in [-0.15, -0.1) is 0 Å². The smallest absolute Gasteiger partial charge is 0.152 e. The summed E-state index contributed by atoms with van der Waals surface area (Å²) in [6.07, 6.45) is 0. The quantitative estimate of drug-likeness (QED) is 0.795. The van der Waals surface area contributed by atoms with Gasteiger partial charge in [-0.2, -0.15) is 0 Å². The van der Waals surface area contributed by atoms with E-state index in [0.717, 1.165) is 17.9 Å². The molecule has 7 heteroatoms. The third-order valence-electron chi connectivity index (χ3n) is 3.25. The summed E-state index contributed by atoms with van der Waals surface area (Å²) in [5, 5.41) is 0. The molecule has 0 amide bonds. The van der Waals surface area contributed by atoms with E-state index in [-0.39, 0.29) is 11.5 Å². The fourth-order valence-corrected chi connectivity index (χ4v) is 3.39. The van der Waals surface area contributed by atoms with Gasteiger partial charge in [0.15, 0.2) is 9.84 Å². The largest absolute Gasteiger partial charge is 0.492 e. The molecule has 20 heavy (non-hydrogen) atoms. The van der Waals surface area contributed by atoms with Gasteiger partial charge in [0.1, 0.15) is 17.3 Å². The van der Waals surface area contributed by atoms with Crippen molar-refractivity contribution in [2.75, 3.05) is 37.7 Å². The second-order valence-electron chi connectivity index (χ2n) is 4.73. The molecule has 2 N–H and O–H groups in total. The van der Waals surface area contributed by atoms with Gasteiger partial charge in [-0.1, -0.05) is 12.2 Å². The number of sulfone groups is 1. The number of benzene rings is 1. The summed E-state index contributed by atoms with van der Waals surface area (Å²) < 4.78 is 28.2. The molecular formula is C13H18N2O3S2. The highest BCUT2D eigenvalue weighted by Crippen LogP contribution is 2.12. The molecule has 0 aromatic heterocycles. The lowest BCUT2D eigenvalue weighted by Gasteiger charge is -2.26. The molecule has 1 fully saturated rings. The highest BCUT2D eigenvalue weighted by Gasteiger charge is 2.20. The molecule has 1 aliphatic heterocycles. The predicted molar refractivity (Wildman–Crippen MR) is 82.9 cm³/mol. The SMILES string of the molecule is NC(=S)c1ccc(OCCN2CCS(=O)(=O)CC2)cc1. The molecule has 0 bridgehead atoms. The molecular weight excluding hydrogens is 296 g/mol. The minimum absolute atomic E-state index is 0.246. The Morgan fingerprint density at radius 3 is 2.40 bits per heavy atom. The van der Waals surface area contributed by atoms with Crippen molar-refractivity contribution in [1.82, 2.24) is 4.90 Å². The summed E-state index contributed by atoms with van der Waals surface area (Å²) in [7, 11) is -2.81. The van der Waals surface area contributed by atoms with Crippen molar-refractivity contribution in [3.05, 3.63) is 29.8 Å². The Bertz CT molecular complexity index is 556. The summed E-state index contributed by atoms with van der Waals surface area (Å²) in [6, 6.07) is 7.31. The maximum Gasteiger partial charge on any atom is 0.152 e. The van der Waals surface area contributed by atoms with E-state index in [0.29, 0.717) is 24.7 Å². The van der Waals surface area contributed by atoms with Crippen LogP contribution >= 0.6 is 12.2 Å². The van der Waals surface area contributed by atoms with Gasteiger partial charge in [0, 0.05) is 25.2 Å². The zero-order valence-corrected chi connectivity index (χ0v) is 12.8. The number of rotatable bonds is 5. The molecule has 2 rings (SSSR count). The van der Waals surface area contributed by atoms with Crippen LogP contribution in [-0.4, -0.2) is 56.1 Å². The van der Waals surface area contributed by atoms with E-state index in [1.807, 2.05) is 24.3 Å². The molecule has 0 spiro atoms. The van der Waals surface area contributed by atoms with Gasteiger partial charge in [0.2, 0.25) is 0 Å². The lowest BCUT2D eigenvalue weighted by Crippen LogP contribution is -2.42. The highest BCUT2D eigenvalue weighted by molar-refractivity contribution is 7.91. The summed E-state index contributed by atoms with van der Waals surface area (Å²) in [4.78, 5) is 2.47. The predicted octanol–water partition coefficient (Wildman–Crippen LogP) is 0.430. The van der Waals surface area contributed by atoms with Gasteiger partial charge in [-0.25, -0.2) is 8.42 Å². The van der Waals surface area contributed by atoms with E-state index in [2.05, 4.69) is 4.90 Å². The van der Waals surface area contributed by atoms with Gasteiger partial charge < -0.3 is 10.5 Å². The first-order valence-corrected chi connectivity index (χ1v) is 8.65. The van der Waals surface area contributed by atoms with Crippen LogP contribution < -0.4 is 10.5 Å². The monoisotopic (exact) mass is 314 g/mol. The van der Waals surface area contributed by atoms with Crippen LogP contribution in [-0.2, 0) is 9.84 Å². The van der Waals surface area contributed by atoms with Crippen molar-refractivity contribution in [2.24, 2.45) is 5.73 Å². The Labute approximate surface area is 124 Å². The van der Waals surface area contributed by atoms with Crippen LogP contribution in [0.3, 0.4) is 0 Å². The molecule has 5 nitrogen and oxygen atoms in total. The van der Waals surface area contributed by atoms with E-state index in [1.165, 1.54) is 0 Å². The normalized spacial score (nSPS) is 18.6. The highest BCUT2D eigenvalue weighted by atomic mass is 32.2. The van der Waals surface area contributed by atoms with Gasteiger partial charge in [0.25, 0.3) is 0 Å². The summed E-state index contributed by atoms with van der Waals surface area (Å²) in [5.41, 5.74) is 6.33. The minimum atomic E-state index is -2.81. The van der Waals surface area contributed by atoms with Crippen LogP contribution in [0.25, 0.3) is 0 Å². The van der Waals surface area contributed by atoms with Gasteiger partial charge >= 0.3 is 0 Å². The first kappa shape index (κ1) is 15.2. The van der Waals surface area contributed by atoms with Crippen LogP contribution in [0.1, 0.15) is 5.56 Å². The van der Waals surface area contributed by atoms with Gasteiger partial charge in [-0.05, 0) is 24.3 Å². The molecule has 0 saturated carbocycles. The van der Waals surface area contributed by atoms with Crippen molar-refractivity contribution in [3.8, 4) is 5.75 Å². The van der Waals surface area contributed by atoms with Gasteiger partial charge in [0.05, 0.1) is 11.5 Å². The Balaban J connectivity index is 1.75. The Morgan fingerprint density at radius 2 is 1.85 bits per heavy atom. The zero-order chi connectivity index (χ0) is 14.6. The molecule has 110 valence electrons. The summed E-state index contributed by atoms with van der Waals surface area (Å²) >= 11 is 4.88.